The van der Waals surface area contributed by atoms with Crippen molar-refractivity contribution in [1.29, 1.82) is 0 Å². The van der Waals surface area contributed by atoms with Crippen molar-refractivity contribution in [2.45, 2.75) is 0 Å². The van der Waals surface area contributed by atoms with Gasteiger partial charge in [-0.2, -0.15) is 0 Å². The summed E-state index contributed by atoms with van der Waals surface area (Å²) in [6.45, 7) is 0. The van der Waals surface area contributed by atoms with Crippen molar-refractivity contribution < 1.29 is 9.46 Å². The van der Waals surface area contributed by atoms with E-state index in [9.17, 15) is 9.46 Å². The van der Waals surface area contributed by atoms with E-state index >= 15 is 0 Å². The van der Waals surface area contributed by atoms with Crippen molar-refractivity contribution in [2.24, 2.45) is 0 Å². The van der Waals surface area contributed by atoms with Gasteiger partial charge in [-0.25, -0.2) is 0 Å². The molecule has 0 unspecified atom stereocenters. The molecule has 0 bridgehead atoms. The second-order valence-corrected chi connectivity index (χ2v) is 7.03. The summed E-state index contributed by atoms with van der Waals surface area (Å²) in [4.78, 5) is 10.0. The van der Waals surface area contributed by atoms with Crippen molar-refractivity contribution in [2.75, 3.05) is 0 Å². The molecule has 0 atom stereocenters. The molecule has 0 aliphatic carbocycles. The Morgan fingerprint density at radius 1 is 0.810 bits per heavy atom. The maximum Gasteiger partial charge on any atom is 0.247 e. The average Bonchev–Trinajstić information content (AvgIpc) is 2.48. The molecule has 0 saturated heterocycles. The first kappa shape index (κ1) is 16.1. The molecular weight excluding hydrogens is 326 g/mol. The van der Waals surface area contributed by atoms with Crippen LogP contribution in [0.25, 0.3) is 10.1 Å². The Balaban J connectivity index is 2.29. The highest BCUT2D eigenvalue weighted by Crippen LogP contribution is 2.49. The van der Waals surface area contributed by atoms with Crippen LogP contribution in [-0.2, 0) is 4.57 Å². The molecule has 1 N–H and O–H groups in total. The van der Waals surface area contributed by atoms with Gasteiger partial charge >= 0.3 is 0 Å². The zero-order valence-corrected chi connectivity index (χ0v) is 13.4. The summed E-state index contributed by atoms with van der Waals surface area (Å²) in [5, 5.41) is 0.436. The van der Waals surface area contributed by atoms with Gasteiger partial charge in [-0.15, -0.1) is 0 Å². The van der Waals surface area contributed by atoms with E-state index in [4.69, 9.17) is 23.2 Å². The van der Waals surface area contributed by atoms with Crippen molar-refractivity contribution in [1.82, 2.24) is 0 Å². The number of benzene rings is 2. The predicted molar refractivity (Wildman–Crippen MR) is 90.4 cm³/mol. The molecule has 2 rings (SSSR count). The molecule has 0 fully saturated rings. The van der Waals surface area contributed by atoms with Gasteiger partial charge in [0.2, 0.25) is 7.37 Å². The third kappa shape index (κ3) is 4.87. The van der Waals surface area contributed by atoms with E-state index in [-0.39, 0.29) is 10.1 Å². The molecule has 0 heterocycles. The molecule has 2 aromatic rings. The topological polar surface area (TPSA) is 37.3 Å². The molecule has 0 aromatic heterocycles. The minimum atomic E-state index is -3.72. The van der Waals surface area contributed by atoms with Gasteiger partial charge < -0.3 is 4.89 Å². The molecule has 21 heavy (non-hydrogen) atoms. The SMILES string of the molecule is O=P(O)(C=C(Cl)c1ccccc1)C=C(Cl)c1ccccc1. The Labute approximate surface area is 133 Å². The standard InChI is InChI=1S/C16H13Cl2O2P/c17-15(13-7-3-1-4-8-13)11-21(19,20)12-16(18)14-9-5-2-6-10-14/h1-12H,(H,19,20). The highest BCUT2D eigenvalue weighted by molar-refractivity contribution is 7.65. The second kappa shape index (κ2) is 7.11. The van der Waals surface area contributed by atoms with Crippen molar-refractivity contribution in [3.05, 3.63) is 83.4 Å². The predicted octanol–water partition coefficient (Wildman–Crippen LogP) is 5.73. The van der Waals surface area contributed by atoms with Gasteiger partial charge in [0.25, 0.3) is 0 Å². The lowest BCUT2D eigenvalue weighted by Gasteiger charge is -2.05. The quantitative estimate of drug-likeness (QED) is 0.722. The van der Waals surface area contributed by atoms with Crippen LogP contribution in [-0.4, -0.2) is 4.89 Å². The molecule has 108 valence electrons. The number of halogens is 2. The molecule has 0 amide bonds. The van der Waals surface area contributed by atoms with Gasteiger partial charge in [-0.1, -0.05) is 83.9 Å². The van der Waals surface area contributed by atoms with Crippen molar-refractivity contribution in [3.8, 4) is 0 Å². The highest BCUT2D eigenvalue weighted by Gasteiger charge is 2.15. The van der Waals surface area contributed by atoms with Crippen molar-refractivity contribution >= 4 is 40.6 Å². The molecule has 2 aromatic carbocycles. The Bertz CT molecular complexity index is 650. The number of rotatable bonds is 4. The summed E-state index contributed by atoms with van der Waals surface area (Å²) in [5.74, 6) is 2.27. The first-order valence-electron chi connectivity index (χ1n) is 6.18. The highest BCUT2D eigenvalue weighted by atomic mass is 35.5. The summed E-state index contributed by atoms with van der Waals surface area (Å²) in [5.41, 5.74) is 1.36. The molecule has 0 saturated carbocycles. The fourth-order valence-electron chi connectivity index (χ4n) is 1.71. The Morgan fingerprint density at radius 3 is 1.48 bits per heavy atom. The molecule has 0 aliphatic rings. The smallest absolute Gasteiger partial charge is 0.247 e. The lowest BCUT2D eigenvalue weighted by Crippen LogP contribution is -1.79. The van der Waals surface area contributed by atoms with Crippen LogP contribution in [0.4, 0.5) is 0 Å². The normalized spacial score (nSPS) is 15.6. The Morgan fingerprint density at radius 2 is 1.14 bits per heavy atom. The van der Waals surface area contributed by atoms with Crippen LogP contribution in [0.1, 0.15) is 11.1 Å². The number of hydrogen-bond acceptors (Lipinski definition) is 1. The van der Waals surface area contributed by atoms with E-state index in [0.29, 0.717) is 11.1 Å². The third-order valence-corrected chi connectivity index (χ3v) is 4.91. The lowest BCUT2D eigenvalue weighted by molar-refractivity contribution is 0.499. The van der Waals surface area contributed by atoms with Gasteiger partial charge in [0.05, 0.1) is 10.1 Å². The van der Waals surface area contributed by atoms with E-state index in [0.717, 1.165) is 11.6 Å². The fraction of sp³-hybridized carbons (Fsp3) is 0. The summed E-state index contributed by atoms with van der Waals surface area (Å²) < 4.78 is 12.2. The summed E-state index contributed by atoms with van der Waals surface area (Å²) in [6, 6.07) is 18.0. The van der Waals surface area contributed by atoms with Gasteiger partial charge in [-0.3, -0.25) is 4.57 Å². The van der Waals surface area contributed by atoms with Crippen LogP contribution in [0, 0.1) is 0 Å². The minimum Gasteiger partial charge on any atom is -0.339 e. The molecule has 0 spiro atoms. The first-order valence-corrected chi connectivity index (χ1v) is 8.73. The molecule has 2 nitrogen and oxygen atoms in total. The monoisotopic (exact) mass is 338 g/mol. The van der Waals surface area contributed by atoms with Crippen LogP contribution in [0.5, 0.6) is 0 Å². The van der Waals surface area contributed by atoms with Gasteiger partial charge in [0, 0.05) is 11.6 Å². The third-order valence-electron chi connectivity index (χ3n) is 2.70. The Hall–Kier alpha value is -1.31. The summed E-state index contributed by atoms with van der Waals surface area (Å²) in [6.07, 6.45) is 0. The van der Waals surface area contributed by atoms with Gasteiger partial charge in [0.1, 0.15) is 0 Å². The molecular formula is C16H13Cl2O2P. The molecule has 0 aliphatic heterocycles. The van der Waals surface area contributed by atoms with E-state index in [1.807, 2.05) is 12.1 Å². The molecule has 0 radical (unpaired) electrons. The first-order chi connectivity index (χ1) is 9.98. The maximum atomic E-state index is 12.2. The summed E-state index contributed by atoms with van der Waals surface area (Å²) >= 11 is 12.2. The van der Waals surface area contributed by atoms with Crippen LogP contribution >= 0.6 is 30.6 Å². The maximum absolute atomic E-state index is 12.2. The van der Waals surface area contributed by atoms with Gasteiger partial charge in [-0.05, 0) is 11.1 Å². The van der Waals surface area contributed by atoms with E-state index in [2.05, 4.69) is 0 Å². The largest absolute Gasteiger partial charge is 0.339 e. The van der Waals surface area contributed by atoms with Gasteiger partial charge in [0.15, 0.2) is 0 Å². The second-order valence-electron chi connectivity index (χ2n) is 4.36. The van der Waals surface area contributed by atoms with E-state index in [1.165, 1.54) is 0 Å². The fourth-order valence-corrected chi connectivity index (χ4v) is 3.82. The zero-order valence-electron chi connectivity index (χ0n) is 11.0. The van der Waals surface area contributed by atoms with E-state index < -0.39 is 7.37 Å². The zero-order chi connectivity index (χ0) is 15.3. The van der Waals surface area contributed by atoms with Crippen LogP contribution in [0.15, 0.2) is 72.3 Å². The van der Waals surface area contributed by atoms with Crippen molar-refractivity contribution in [3.63, 3.8) is 0 Å². The lowest BCUT2D eigenvalue weighted by atomic mass is 10.2. The van der Waals surface area contributed by atoms with E-state index in [1.54, 1.807) is 48.5 Å². The van der Waals surface area contributed by atoms with Crippen LogP contribution < -0.4 is 0 Å². The summed E-state index contributed by atoms with van der Waals surface area (Å²) in [7, 11) is -3.72. The number of hydrogen-bond donors (Lipinski definition) is 1. The van der Waals surface area contributed by atoms with Crippen LogP contribution in [0.2, 0.25) is 0 Å². The average molecular weight is 339 g/mol. The molecule has 5 heteroatoms. The van der Waals surface area contributed by atoms with Crippen LogP contribution in [0.3, 0.4) is 0 Å². The minimum absolute atomic E-state index is 0.218. The Kier molecular flexibility index (Phi) is 5.44.